The van der Waals surface area contributed by atoms with Crippen molar-refractivity contribution in [3.8, 4) is 22.6 Å². The van der Waals surface area contributed by atoms with Gasteiger partial charge in [0.15, 0.2) is 0 Å². The summed E-state index contributed by atoms with van der Waals surface area (Å²) in [7, 11) is 1.96. The first-order chi connectivity index (χ1) is 16.4. The van der Waals surface area contributed by atoms with Crippen LogP contribution in [0.3, 0.4) is 0 Å². The van der Waals surface area contributed by atoms with Crippen molar-refractivity contribution in [2.75, 3.05) is 5.32 Å². The van der Waals surface area contributed by atoms with E-state index in [4.69, 9.17) is 4.52 Å². The van der Waals surface area contributed by atoms with Crippen LogP contribution in [0.1, 0.15) is 41.5 Å². The number of nitrogens with one attached hydrogen (secondary N) is 1. The molecule has 1 amide bonds. The third-order valence-electron chi connectivity index (χ3n) is 5.44. The van der Waals surface area contributed by atoms with Gasteiger partial charge >= 0.3 is 0 Å². The van der Waals surface area contributed by atoms with Crippen molar-refractivity contribution < 1.29 is 9.32 Å². The summed E-state index contributed by atoms with van der Waals surface area (Å²) in [5.41, 5.74) is 5.34. The van der Waals surface area contributed by atoms with Gasteiger partial charge in [-0.1, -0.05) is 31.1 Å². The molecule has 5 aromatic rings. The third kappa shape index (κ3) is 5.12. The van der Waals surface area contributed by atoms with E-state index in [0.29, 0.717) is 28.5 Å². The molecule has 4 aromatic heterocycles. The Morgan fingerprint density at radius 1 is 1.00 bits per heavy atom. The number of fused-ring (bicyclic) bond motifs is 1. The van der Waals surface area contributed by atoms with E-state index in [1.54, 1.807) is 17.6 Å². The van der Waals surface area contributed by atoms with Crippen molar-refractivity contribution in [1.29, 1.82) is 0 Å². The molecule has 0 unspecified atom stereocenters. The van der Waals surface area contributed by atoms with E-state index in [9.17, 15) is 4.79 Å². The highest BCUT2D eigenvalue weighted by molar-refractivity contribution is 7.59. The molecule has 10 heteroatoms. The standard InChI is InChI=1S/C23H21N7O2.C2H6.H2S/c1-13-5-6-16(22-26-15(3)32-28-22)9-19(13)27-23(31)18-10-24-30-11-17(7-8-21(18)30)20-12-29(4)14(2)25-20;1-2;/h5-12H,1-4H3,(H,27,31);1-2H3;1H2. The van der Waals surface area contributed by atoms with Gasteiger partial charge < -0.3 is 14.4 Å². The first-order valence-corrected chi connectivity index (χ1v) is 11.1. The Bertz CT molecular complexity index is 1460. The van der Waals surface area contributed by atoms with Gasteiger partial charge in [0.05, 0.1) is 23.0 Å². The van der Waals surface area contributed by atoms with Crippen LogP contribution in [-0.4, -0.2) is 35.2 Å². The number of aromatic nitrogens is 6. The minimum Gasteiger partial charge on any atom is -0.339 e. The Morgan fingerprint density at radius 3 is 2.40 bits per heavy atom. The fraction of sp³-hybridized carbons (Fsp3) is 0.240. The molecule has 182 valence electrons. The number of hydrogen-bond acceptors (Lipinski definition) is 6. The highest BCUT2D eigenvalue weighted by Crippen LogP contribution is 2.25. The lowest BCUT2D eigenvalue weighted by Gasteiger charge is -2.09. The van der Waals surface area contributed by atoms with Crippen LogP contribution in [-0.2, 0) is 7.05 Å². The van der Waals surface area contributed by atoms with E-state index in [1.807, 2.05) is 82.0 Å². The van der Waals surface area contributed by atoms with Crippen molar-refractivity contribution in [2.45, 2.75) is 34.6 Å². The Balaban J connectivity index is 0.00000111. The predicted octanol–water partition coefficient (Wildman–Crippen LogP) is 5.10. The van der Waals surface area contributed by atoms with Crippen molar-refractivity contribution in [3.63, 3.8) is 0 Å². The van der Waals surface area contributed by atoms with Gasteiger partial charge in [0.2, 0.25) is 11.7 Å². The highest BCUT2D eigenvalue weighted by Gasteiger charge is 2.16. The quantitative estimate of drug-likeness (QED) is 0.375. The maximum absolute atomic E-state index is 13.1. The van der Waals surface area contributed by atoms with E-state index >= 15 is 0 Å². The van der Waals surface area contributed by atoms with Gasteiger partial charge in [0.25, 0.3) is 5.91 Å². The zero-order chi connectivity index (χ0) is 24.4. The third-order valence-corrected chi connectivity index (χ3v) is 5.44. The molecule has 0 bridgehead atoms. The van der Waals surface area contributed by atoms with E-state index in [0.717, 1.165) is 28.2 Å². The Kier molecular flexibility index (Phi) is 7.75. The Labute approximate surface area is 210 Å². The van der Waals surface area contributed by atoms with Gasteiger partial charge in [-0.05, 0) is 37.6 Å². The van der Waals surface area contributed by atoms with Crippen LogP contribution in [0.2, 0.25) is 0 Å². The van der Waals surface area contributed by atoms with Crippen LogP contribution in [0.15, 0.2) is 53.4 Å². The molecule has 0 aliphatic carbocycles. The van der Waals surface area contributed by atoms with Crippen LogP contribution in [0.4, 0.5) is 5.69 Å². The maximum atomic E-state index is 13.1. The van der Waals surface area contributed by atoms with E-state index in [-0.39, 0.29) is 19.4 Å². The first kappa shape index (κ1) is 25.7. The predicted molar refractivity (Wildman–Crippen MR) is 141 cm³/mol. The second-order valence-corrected chi connectivity index (χ2v) is 7.71. The number of benzene rings is 1. The summed E-state index contributed by atoms with van der Waals surface area (Å²) >= 11 is 0. The smallest absolute Gasteiger partial charge is 0.259 e. The van der Waals surface area contributed by atoms with Crippen LogP contribution in [0.25, 0.3) is 28.2 Å². The van der Waals surface area contributed by atoms with Crippen LogP contribution < -0.4 is 5.32 Å². The van der Waals surface area contributed by atoms with Crippen LogP contribution in [0.5, 0.6) is 0 Å². The molecule has 4 heterocycles. The summed E-state index contributed by atoms with van der Waals surface area (Å²) in [4.78, 5) is 21.9. The molecular weight excluding hydrogens is 462 g/mol. The van der Waals surface area contributed by atoms with Gasteiger partial charge in [-0.25, -0.2) is 9.50 Å². The monoisotopic (exact) mass is 491 g/mol. The molecular formula is C25H29N7O2S. The molecule has 1 aromatic carbocycles. The average molecular weight is 492 g/mol. The fourth-order valence-corrected chi connectivity index (χ4v) is 3.51. The summed E-state index contributed by atoms with van der Waals surface area (Å²) < 4.78 is 8.72. The van der Waals surface area contributed by atoms with Gasteiger partial charge in [-0.15, -0.1) is 0 Å². The summed E-state index contributed by atoms with van der Waals surface area (Å²) in [5.74, 6) is 1.64. The Morgan fingerprint density at radius 2 is 1.74 bits per heavy atom. The Hall–Kier alpha value is -3.92. The number of imidazole rings is 1. The van der Waals surface area contributed by atoms with E-state index < -0.39 is 0 Å². The number of anilines is 1. The average Bonchev–Trinajstić information content (AvgIpc) is 3.55. The molecule has 0 saturated heterocycles. The lowest BCUT2D eigenvalue weighted by Crippen LogP contribution is -2.12. The molecule has 0 aliphatic heterocycles. The van der Waals surface area contributed by atoms with Crippen molar-refractivity contribution in [2.24, 2.45) is 7.05 Å². The minimum atomic E-state index is -0.244. The minimum absolute atomic E-state index is 0. The van der Waals surface area contributed by atoms with Gasteiger partial charge in [0.1, 0.15) is 5.82 Å². The second kappa shape index (κ2) is 10.6. The van der Waals surface area contributed by atoms with Gasteiger partial charge in [-0.2, -0.15) is 23.6 Å². The van der Waals surface area contributed by atoms with Crippen molar-refractivity contribution >= 4 is 30.6 Å². The summed E-state index contributed by atoms with van der Waals surface area (Å²) in [6.45, 7) is 9.62. The summed E-state index contributed by atoms with van der Waals surface area (Å²) in [5, 5.41) is 11.3. The molecule has 0 radical (unpaired) electrons. The zero-order valence-electron chi connectivity index (χ0n) is 20.6. The van der Waals surface area contributed by atoms with E-state index in [2.05, 4.69) is 25.5 Å². The summed E-state index contributed by atoms with van der Waals surface area (Å²) in [6.07, 6.45) is 5.41. The molecule has 1 N–H and O–H groups in total. The number of pyridine rings is 1. The zero-order valence-corrected chi connectivity index (χ0v) is 21.6. The number of aryl methyl sites for hydroxylation is 4. The van der Waals surface area contributed by atoms with Crippen LogP contribution in [0, 0.1) is 20.8 Å². The van der Waals surface area contributed by atoms with Gasteiger partial charge in [-0.3, -0.25) is 4.79 Å². The maximum Gasteiger partial charge on any atom is 0.259 e. The number of rotatable bonds is 4. The highest BCUT2D eigenvalue weighted by atomic mass is 32.1. The topological polar surface area (TPSA) is 103 Å². The number of nitrogens with zero attached hydrogens (tertiary/aromatic N) is 6. The fourth-order valence-electron chi connectivity index (χ4n) is 3.51. The first-order valence-electron chi connectivity index (χ1n) is 11.1. The molecule has 0 spiro atoms. The SMILES string of the molecule is CC.Cc1nc(-c2ccc(C)c(NC(=O)c3cnn4cc(-c5cn(C)c(C)n5)ccc34)c2)no1.S. The largest absolute Gasteiger partial charge is 0.339 e. The number of carbonyl (C=O) groups excluding carboxylic acids is 1. The molecule has 35 heavy (non-hydrogen) atoms. The second-order valence-electron chi connectivity index (χ2n) is 7.71. The van der Waals surface area contributed by atoms with Gasteiger partial charge in [0, 0.05) is 43.2 Å². The molecule has 5 rings (SSSR count). The number of amides is 1. The molecule has 9 nitrogen and oxygen atoms in total. The summed E-state index contributed by atoms with van der Waals surface area (Å²) in [6, 6.07) is 9.47. The van der Waals surface area contributed by atoms with Crippen LogP contribution >= 0.6 is 13.5 Å². The normalized spacial score (nSPS) is 10.5. The van der Waals surface area contributed by atoms with Crippen molar-refractivity contribution in [1.82, 2.24) is 29.3 Å². The number of hydrogen-bond donors (Lipinski definition) is 1. The lowest BCUT2D eigenvalue weighted by atomic mass is 10.1. The molecule has 0 aliphatic rings. The molecule has 0 atom stereocenters. The molecule has 0 fully saturated rings. The number of carbonyl (C=O) groups is 1. The molecule has 0 saturated carbocycles. The lowest BCUT2D eigenvalue weighted by molar-refractivity contribution is 0.102. The van der Waals surface area contributed by atoms with E-state index in [1.165, 1.54) is 0 Å². The van der Waals surface area contributed by atoms with Crippen molar-refractivity contribution in [3.05, 3.63) is 71.8 Å².